The van der Waals surface area contributed by atoms with Crippen LogP contribution in [-0.2, 0) is 6.54 Å². The fraction of sp³-hybridized carbons (Fsp3) is 0.280. The van der Waals surface area contributed by atoms with E-state index in [1.807, 2.05) is 30.3 Å². The Kier molecular flexibility index (Phi) is 5.88. The molecule has 0 radical (unpaired) electrons. The molecule has 1 saturated heterocycles. The zero-order chi connectivity index (χ0) is 24.6. The van der Waals surface area contributed by atoms with Gasteiger partial charge in [-0.1, -0.05) is 18.2 Å². The van der Waals surface area contributed by atoms with E-state index >= 15 is 0 Å². The first-order valence-corrected chi connectivity index (χ1v) is 11.3. The van der Waals surface area contributed by atoms with Crippen LogP contribution in [0.25, 0.3) is 16.6 Å². The number of piperidine rings is 1. The van der Waals surface area contributed by atoms with Gasteiger partial charge in [-0.2, -0.15) is 0 Å². The van der Waals surface area contributed by atoms with Gasteiger partial charge in [-0.25, -0.2) is 14.3 Å². The van der Waals surface area contributed by atoms with E-state index in [2.05, 4.69) is 9.64 Å². The first-order valence-electron chi connectivity index (χ1n) is 11.3. The summed E-state index contributed by atoms with van der Waals surface area (Å²) in [4.78, 5) is 20.2. The minimum atomic E-state index is -4.82. The summed E-state index contributed by atoms with van der Waals surface area (Å²) >= 11 is 0. The van der Waals surface area contributed by atoms with Crippen molar-refractivity contribution in [2.45, 2.75) is 32.2 Å². The van der Waals surface area contributed by atoms with Crippen molar-refractivity contribution < 1.29 is 23.0 Å². The molecule has 1 aliphatic rings. The fourth-order valence-electron chi connectivity index (χ4n) is 4.46. The average molecular weight is 484 g/mol. The first kappa shape index (κ1) is 22.8. The Morgan fingerprint density at radius 1 is 1.00 bits per heavy atom. The van der Waals surface area contributed by atoms with E-state index in [0.29, 0.717) is 0 Å². The summed E-state index contributed by atoms with van der Waals surface area (Å²) in [6, 6.07) is 14.4. The molecule has 0 amide bonds. The second kappa shape index (κ2) is 9.01. The molecule has 0 aliphatic carbocycles. The Hall–Kier alpha value is -3.95. The van der Waals surface area contributed by atoms with Crippen LogP contribution in [0.15, 0.2) is 65.6 Å². The van der Waals surface area contributed by atoms with Gasteiger partial charge in [0.15, 0.2) is 0 Å². The number of pyridine rings is 1. The third-order valence-electron chi connectivity index (χ3n) is 6.07. The van der Waals surface area contributed by atoms with Gasteiger partial charge in [0.2, 0.25) is 5.88 Å². The summed E-state index contributed by atoms with van der Waals surface area (Å²) < 4.78 is 43.6. The van der Waals surface area contributed by atoms with Crippen LogP contribution in [0.1, 0.15) is 24.8 Å². The number of imidazole rings is 1. The lowest BCUT2D eigenvalue weighted by molar-refractivity contribution is -0.274. The van der Waals surface area contributed by atoms with E-state index in [1.165, 1.54) is 29.3 Å². The van der Waals surface area contributed by atoms with Crippen molar-refractivity contribution in [1.82, 2.24) is 14.1 Å². The monoisotopic (exact) mass is 484 g/mol. The lowest BCUT2D eigenvalue weighted by Crippen LogP contribution is -2.30. The zero-order valence-corrected chi connectivity index (χ0v) is 18.7. The van der Waals surface area contributed by atoms with E-state index in [9.17, 15) is 23.1 Å². The van der Waals surface area contributed by atoms with Crippen molar-refractivity contribution in [2.24, 2.45) is 0 Å². The first-order chi connectivity index (χ1) is 16.8. The highest BCUT2D eigenvalue weighted by molar-refractivity contribution is 5.84. The van der Waals surface area contributed by atoms with Gasteiger partial charge in [-0.15, -0.1) is 13.2 Å². The number of aromatic nitrogens is 3. The molecule has 0 unspecified atom stereocenters. The lowest BCUT2D eigenvalue weighted by Gasteiger charge is -2.28. The second-order valence-electron chi connectivity index (χ2n) is 8.48. The van der Waals surface area contributed by atoms with Gasteiger partial charge in [0, 0.05) is 18.5 Å². The number of halogens is 3. The maximum atomic E-state index is 13.2. The number of para-hydroxylation sites is 1. The molecule has 35 heavy (non-hydrogen) atoms. The van der Waals surface area contributed by atoms with Crippen LogP contribution in [0.4, 0.5) is 19.0 Å². The van der Waals surface area contributed by atoms with Gasteiger partial charge < -0.3 is 14.7 Å². The minimum absolute atomic E-state index is 0.193. The number of hydrogen-bond acceptors (Lipinski definition) is 5. The largest absolute Gasteiger partial charge is 0.573 e. The van der Waals surface area contributed by atoms with Crippen LogP contribution in [0, 0.1) is 0 Å². The highest BCUT2D eigenvalue weighted by Gasteiger charge is 2.31. The topological polar surface area (TPSA) is 72.5 Å². The number of benzene rings is 2. The quantitative estimate of drug-likeness (QED) is 0.439. The smallest absolute Gasteiger partial charge is 0.493 e. The van der Waals surface area contributed by atoms with Crippen LogP contribution in [0.3, 0.4) is 0 Å². The number of aromatic hydroxyl groups is 1. The minimum Gasteiger partial charge on any atom is -0.493 e. The van der Waals surface area contributed by atoms with Crippen molar-refractivity contribution >= 4 is 16.7 Å². The van der Waals surface area contributed by atoms with Crippen LogP contribution in [-0.4, -0.2) is 38.7 Å². The molecule has 1 N–H and O–H groups in total. The maximum Gasteiger partial charge on any atom is 0.573 e. The van der Waals surface area contributed by atoms with Crippen LogP contribution in [0.2, 0.25) is 0 Å². The van der Waals surface area contributed by atoms with E-state index in [-0.39, 0.29) is 18.1 Å². The number of hydrogen-bond donors (Lipinski definition) is 1. The molecule has 4 aromatic rings. The highest BCUT2D eigenvalue weighted by Crippen LogP contribution is 2.27. The van der Waals surface area contributed by atoms with Gasteiger partial charge in [0.1, 0.15) is 11.6 Å². The Morgan fingerprint density at radius 3 is 2.43 bits per heavy atom. The molecule has 7 nitrogen and oxygen atoms in total. The second-order valence-corrected chi connectivity index (χ2v) is 8.48. The van der Waals surface area contributed by atoms with Gasteiger partial charge in [-0.05, 0) is 61.2 Å². The van der Waals surface area contributed by atoms with Crippen molar-refractivity contribution in [3.8, 4) is 17.3 Å². The van der Waals surface area contributed by atoms with Gasteiger partial charge in [0.25, 0.3) is 0 Å². The van der Waals surface area contributed by atoms with Crippen LogP contribution < -0.4 is 15.3 Å². The average Bonchev–Trinajstić information content (AvgIpc) is 3.11. The van der Waals surface area contributed by atoms with Crippen LogP contribution in [0.5, 0.6) is 11.6 Å². The SMILES string of the molecule is O=c1n(Cc2cc(N3CCCCC3)nc3ccccc23)cc(O)n1-c1ccc(OC(F)(F)F)cc1. The third kappa shape index (κ3) is 4.82. The summed E-state index contributed by atoms with van der Waals surface area (Å²) in [5, 5.41) is 11.4. The highest BCUT2D eigenvalue weighted by atomic mass is 19.4. The molecule has 182 valence electrons. The molecule has 2 aromatic heterocycles. The lowest BCUT2D eigenvalue weighted by atomic mass is 10.1. The van der Waals surface area contributed by atoms with Gasteiger partial charge >= 0.3 is 12.1 Å². The number of anilines is 1. The summed E-state index contributed by atoms with van der Waals surface area (Å²) in [5.74, 6) is 0.117. The number of alkyl halides is 3. The fourth-order valence-corrected chi connectivity index (χ4v) is 4.46. The summed E-state index contributed by atoms with van der Waals surface area (Å²) in [5.41, 5.74) is 1.40. The van der Waals surface area contributed by atoms with Crippen molar-refractivity contribution in [1.29, 1.82) is 0 Å². The van der Waals surface area contributed by atoms with Crippen molar-refractivity contribution in [3.63, 3.8) is 0 Å². The number of ether oxygens (including phenoxy) is 1. The molecule has 1 aliphatic heterocycles. The normalized spacial score (nSPS) is 14.4. The van der Waals surface area contributed by atoms with E-state index in [0.717, 1.165) is 64.9 Å². The van der Waals surface area contributed by atoms with Crippen molar-refractivity contribution in [3.05, 3.63) is 76.8 Å². The predicted octanol–water partition coefficient (Wildman–Crippen LogP) is 4.83. The molecule has 0 saturated carbocycles. The molecular formula is C25H23F3N4O3. The standard InChI is InChI=1S/C25H23F3N4O3/c26-25(27,28)35-19-10-8-18(9-11-19)32-23(33)16-31(24(32)34)15-17-14-22(30-12-4-1-5-13-30)29-21-7-3-2-6-20(17)21/h2-3,6-11,14,16,33H,1,4-5,12-13,15H2. The molecule has 0 spiro atoms. The molecule has 0 bridgehead atoms. The number of rotatable bonds is 5. The number of fused-ring (bicyclic) bond motifs is 1. The zero-order valence-electron chi connectivity index (χ0n) is 18.7. The van der Waals surface area contributed by atoms with Crippen LogP contribution >= 0.6 is 0 Å². The number of nitrogens with zero attached hydrogens (tertiary/aromatic N) is 4. The Labute approximate surface area is 198 Å². The van der Waals surface area contributed by atoms with Crippen molar-refractivity contribution in [2.75, 3.05) is 18.0 Å². The Bertz CT molecular complexity index is 1400. The maximum absolute atomic E-state index is 13.2. The van der Waals surface area contributed by atoms with E-state index in [1.54, 1.807) is 0 Å². The Morgan fingerprint density at radius 2 is 1.71 bits per heavy atom. The summed E-state index contributed by atoms with van der Waals surface area (Å²) in [6.45, 7) is 2.05. The van der Waals surface area contributed by atoms with E-state index < -0.39 is 17.8 Å². The molecular weight excluding hydrogens is 461 g/mol. The third-order valence-corrected chi connectivity index (χ3v) is 6.07. The van der Waals surface area contributed by atoms with Gasteiger partial charge in [0.05, 0.1) is 23.9 Å². The molecule has 0 atom stereocenters. The summed E-state index contributed by atoms with van der Waals surface area (Å²) in [7, 11) is 0. The summed E-state index contributed by atoms with van der Waals surface area (Å²) in [6.07, 6.45) is -0.0928. The molecule has 3 heterocycles. The van der Waals surface area contributed by atoms with E-state index in [4.69, 9.17) is 4.98 Å². The molecule has 2 aromatic carbocycles. The predicted molar refractivity (Wildman–Crippen MR) is 125 cm³/mol. The molecule has 5 rings (SSSR count). The Balaban J connectivity index is 1.49. The molecule has 1 fully saturated rings. The van der Waals surface area contributed by atoms with Gasteiger partial charge in [-0.3, -0.25) is 4.57 Å². The molecule has 10 heteroatoms.